The summed E-state index contributed by atoms with van der Waals surface area (Å²) < 4.78 is 0.288. The van der Waals surface area contributed by atoms with E-state index in [-0.39, 0.29) is 10.2 Å². The zero-order chi connectivity index (χ0) is 47.4. The number of nitrogens with zero attached hydrogens (tertiary/aromatic N) is 2. The molecule has 6 aromatic carbocycles. The van der Waals surface area contributed by atoms with Gasteiger partial charge in [0.2, 0.25) is 0 Å². The minimum atomic E-state index is -1.08. The van der Waals surface area contributed by atoms with Gasteiger partial charge in [-0.1, -0.05) is 205 Å². The second-order valence-corrected chi connectivity index (χ2v) is 20.9. The molecule has 0 atom stereocenters. The molecule has 6 aromatic rings. The molecule has 8 rings (SSSR count). The first-order valence-electron chi connectivity index (χ1n) is 24.9. The molecule has 2 heterocycles. The van der Waals surface area contributed by atoms with Crippen molar-refractivity contribution in [1.82, 2.24) is 4.90 Å². The Kier molecular flexibility index (Phi) is 17.1. The molecule has 68 heavy (non-hydrogen) atoms. The SMILES string of the molecule is CCCCCCc1cc(-c2ccc(-c3ccc(-c4ccc5c(c4)Sc4ccccc4N5c4ccccc4)c(CCCCCC)c3)cc2CCCCCC)ccc1/C=C1\SC(=S)N(CC(=O)O)C1=O. The Hall–Kier alpha value is -5.41. The maximum Gasteiger partial charge on any atom is 0.323 e. The van der Waals surface area contributed by atoms with Crippen LogP contribution in [-0.2, 0) is 28.9 Å². The monoisotopic (exact) mass is 956 g/mol. The van der Waals surface area contributed by atoms with Crippen molar-refractivity contribution < 1.29 is 14.7 Å². The molecule has 1 amide bonds. The van der Waals surface area contributed by atoms with Crippen molar-refractivity contribution >= 4 is 75.1 Å². The summed E-state index contributed by atoms with van der Waals surface area (Å²) in [7, 11) is 0. The topological polar surface area (TPSA) is 60.9 Å². The molecule has 0 bridgehead atoms. The number of anilines is 3. The van der Waals surface area contributed by atoms with Crippen LogP contribution in [0.25, 0.3) is 39.5 Å². The number of rotatable bonds is 22. The van der Waals surface area contributed by atoms with Gasteiger partial charge in [0, 0.05) is 15.5 Å². The molecule has 1 saturated heterocycles. The van der Waals surface area contributed by atoms with Crippen LogP contribution in [0.2, 0.25) is 0 Å². The van der Waals surface area contributed by atoms with Crippen LogP contribution in [0, 0.1) is 0 Å². The number of fused-ring (bicyclic) bond motifs is 2. The van der Waals surface area contributed by atoms with Gasteiger partial charge in [0.25, 0.3) is 5.91 Å². The van der Waals surface area contributed by atoms with E-state index in [4.69, 9.17) is 12.2 Å². The summed E-state index contributed by atoms with van der Waals surface area (Å²) in [6, 6.07) is 47.4. The van der Waals surface area contributed by atoms with Crippen LogP contribution in [0.5, 0.6) is 0 Å². The molecular formula is C60H64N2O3S3. The summed E-state index contributed by atoms with van der Waals surface area (Å²) >= 11 is 8.48. The quantitative estimate of drug-likeness (QED) is 0.0413. The lowest BCUT2D eigenvalue weighted by molar-refractivity contribution is -0.140. The van der Waals surface area contributed by atoms with Gasteiger partial charge in [-0.15, -0.1) is 0 Å². The van der Waals surface area contributed by atoms with Crippen LogP contribution >= 0.6 is 35.7 Å². The van der Waals surface area contributed by atoms with E-state index >= 15 is 0 Å². The van der Waals surface area contributed by atoms with E-state index in [1.165, 1.54) is 133 Å². The number of unbranched alkanes of at least 4 members (excludes halogenated alkanes) is 9. The Morgan fingerprint density at radius 1 is 0.559 bits per heavy atom. The fraction of sp³-hybridized carbons (Fsp3) is 0.317. The molecule has 2 aliphatic rings. The van der Waals surface area contributed by atoms with Gasteiger partial charge in [0.15, 0.2) is 0 Å². The van der Waals surface area contributed by atoms with E-state index in [0.29, 0.717) is 4.91 Å². The van der Waals surface area contributed by atoms with Crippen molar-refractivity contribution in [3.05, 3.63) is 155 Å². The average Bonchev–Trinajstić information content (AvgIpc) is 3.61. The smallest absolute Gasteiger partial charge is 0.323 e. The first-order chi connectivity index (χ1) is 33.3. The number of aliphatic carboxylic acids is 1. The lowest BCUT2D eigenvalue weighted by atomic mass is 9.88. The van der Waals surface area contributed by atoms with Crippen molar-refractivity contribution in [3.8, 4) is 33.4 Å². The molecule has 2 aliphatic heterocycles. The fourth-order valence-electron chi connectivity index (χ4n) is 9.57. The van der Waals surface area contributed by atoms with Gasteiger partial charge in [-0.3, -0.25) is 14.5 Å². The van der Waals surface area contributed by atoms with Crippen molar-refractivity contribution in [2.75, 3.05) is 11.4 Å². The molecule has 350 valence electrons. The fourth-order valence-corrected chi connectivity index (χ4v) is 11.9. The summed E-state index contributed by atoms with van der Waals surface area (Å²) in [5, 5.41) is 9.41. The molecule has 0 unspecified atom stereocenters. The highest BCUT2D eigenvalue weighted by molar-refractivity contribution is 8.26. The number of carboxylic acid groups (broad SMARTS) is 1. The zero-order valence-electron chi connectivity index (χ0n) is 39.9. The molecule has 0 radical (unpaired) electrons. The number of aryl methyl sites for hydroxylation is 3. The number of benzene rings is 6. The standard InChI is InChI=1S/C60H64N2O3S3/c1-4-7-10-14-21-42-36-48(29-28-45(42)39-57-59(65)61(41-58(63)64)60(66)68-57)51-33-30-43(37-46(51)22-15-11-8-5-2)44-31-34-52(47(38-44)23-16-12-9-6-3)49-32-35-54-56(40-49)67-55-27-20-19-26-53(55)62(54)50-24-17-13-18-25-50/h13,17-20,24-40H,4-12,14-16,21-23,41H2,1-3H3,(H,63,64)/b57-39-. The summed E-state index contributed by atoms with van der Waals surface area (Å²) in [5.41, 5.74) is 16.1. The lowest BCUT2D eigenvalue weighted by Crippen LogP contribution is -2.33. The van der Waals surface area contributed by atoms with E-state index in [1.54, 1.807) is 0 Å². The average molecular weight is 957 g/mol. The molecule has 0 spiro atoms. The second-order valence-electron chi connectivity index (χ2n) is 18.2. The predicted octanol–water partition coefficient (Wildman–Crippen LogP) is 17.3. The summed E-state index contributed by atoms with van der Waals surface area (Å²) in [6.45, 7) is 6.35. The number of thiocarbonyl (C=S) groups is 1. The zero-order valence-corrected chi connectivity index (χ0v) is 42.3. The van der Waals surface area contributed by atoms with E-state index in [9.17, 15) is 14.7 Å². The molecular weight excluding hydrogens is 893 g/mol. The third kappa shape index (κ3) is 11.7. The van der Waals surface area contributed by atoms with Gasteiger partial charge in [0.05, 0.1) is 16.3 Å². The van der Waals surface area contributed by atoms with Gasteiger partial charge in [0.1, 0.15) is 10.9 Å². The number of amides is 1. The minimum absolute atomic E-state index is 0.288. The lowest BCUT2D eigenvalue weighted by Gasteiger charge is -2.33. The van der Waals surface area contributed by atoms with E-state index in [1.807, 2.05) is 17.8 Å². The molecule has 0 aliphatic carbocycles. The largest absolute Gasteiger partial charge is 0.480 e. The van der Waals surface area contributed by atoms with Crippen LogP contribution in [0.4, 0.5) is 17.1 Å². The number of hydrogen-bond acceptors (Lipinski definition) is 6. The van der Waals surface area contributed by atoms with E-state index in [0.717, 1.165) is 62.6 Å². The van der Waals surface area contributed by atoms with Gasteiger partial charge >= 0.3 is 5.97 Å². The Balaban J connectivity index is 1.15. The van der Waals surface area contributed by atoms with Crippen LogP contribution in [0.3, 0.4) is 0 Å². The molecule has 5 nitrogen and oxygen atoms in total. The van der Waals surface area contributed by atoms with Gasteiger partial charge in [-0.2, -0.15) is 0 Å². The van der Waals surface area contributed by atoms with Crippen LogP contribution < -0.4 is 4.90 Å². The third-order valence-electron chi connectivity index (χ3n) is 13.2. The third-order valence-corrected chi connectivity index (χ3v) is 15.7. The number of carbonyl (C=O) groups is 2. The van der Waals surface area contributed by atoms with Crippen molar-refractivity contribution in [3.63, 3.8) is 0 Å². The number of carbonyl (C=O) groups excluding carboxylic acids is 1. The normalized spacial score (nSPS) is 13.9. The maximum atomic E-state index is 13.3. The molecule has 8 heteroatoms. The highest BCUT2D eigenvalue weighted by atomic mass is 32.2. The molecule has 0 aromatic heterocycles. The number of thioether (sulfide) groups is 1. The van der Waals surface area contributed by atoms with E-state index in [2.05, 4.69) is 153 Å². The van der Waals surface area contributed by atoms with Crippen molar-refractivity contribution in [1.29, 1.82) is 0 Å². The van der Waals surface area contributed by atoms with Crippen molar-refractivity contribution in [2.45, 2.75) is 127 Å². The summed E-state index contributed by atoms with van der Waals surface area (Å²) in [5.74, 6) is -1.42. The number of carboxylic acids is 1. The Morgan fingerprint density at radius 2 is 1.09 bits per heavy atom. The van der Waals surface area contributed by atoms with E-state index < -0.39 is 12.5 Å². The van der Waals surface area contributed by atoms with Crippen molar-refractivity contribution in [2.24, 2.45) is 0 Å². The maximum absolute atomic E-state index is 13.3. The number of hydrogen-bond donors (Lipinski definition) is 1. The van der Waals surface area contributed by atoms with Crippen LogP contribution in [0.1, 0.15) is 120 Å². The van der Waals surface area contributed by atoms with Gasteiger partial charge in [-0.25, -0.2) is 0 Å². The Labute approximate surface area is 418 Å². The minimum Gasteiger partial charge on any atom is -0.480 e. The molecule has 1 fully saturated rings. The number of para-hydroxylation sites is 2. The first-order valence-corrected chi connectivity index (χ1v) is 26.9. The Morgan fingerprint density at radius 3 is 1.71 bits per heavy atom. The summed E-state index contributed by atoms with van der Waals surface area (Å²) in [4.78, 5) is 31.4. The Bertz CT molecular complexity index is 2780. The first kappa shape index (κ1) is 49.0. The molecule has 0 saturated carbocycles. The predicted molar refractivity (Wildman–Crippen MR) is 293 cm³/mol. The molecule has 1 N–H and O–H groups in total. The summed E-state index contributed by atoms with van der Waals surface area (Å²) in [6.07, 6.45) is 19.0. The highest BCUT2D eigenvalue weighted by Gasteiger charge is 2.33. The van der Waals surface area contributed by atoms with Crippen LogP contribution in [0.15, 0.2) is 142 Å². The van der Waals surface area contributed by atoms with Gasteiger partial charge in [-0.05, 0) is 137 Å². The van der Waals surface area contributed by atoms with Gasteiger partial charge < -0.3 is 10.0 Å². The second kappa shape index (κ2) is 23.7. The van der Waals surface area contributed by atoms with Crippen LogP contribution in [-0.4, -0.2) is 32.7 Å². The highest BCUT2D eigenvalue weighted by Crippen LogP contribution is 2.52.